The van der Waals surface area contributed by atoms with E-state index in [2.05, 4.69) is 42.2 Å². The van der Waals surface area contributed by atoms with Gasteiger partial charge in [0.1, 0.15) is 5.82 Å². The van der Waals surface area contributed by atoms with Gasteiger partial charge in [-0.25, -0.2) is 20.1 Å². The molecule has 0 atom stereocenters. The van der Waals surface area contributed by atoms with Crippen molar-refractivity contribution in [3.8, 4) is 0 Å². The molecule has 0 aliphatic heterocycles. The van der Waals surface area contributed by atoms with Gasteiger partial charge in [0.25, 0.3) is 11.5 Å². The third kappa shape index (κ3) is 5.96. The van der Waals surface area contributed by atoms with Crippen LogP contribution in [0.15, 0.2) is 56.7 Å². The SMILES string of the molecule is Cc1nc2ccc(Br)cc2c(=O)n1NC(=O)CNNC(=S)/N=C/c1ccc(N(C)C)cc1. The van der Waals surface area contributed by atoms with Crippen molar-refractivity contribution in [2.45, 2.75) is 6.92 Å². The van der Waals surface area contributed by atoms with Gasteiger partial charge in [0.2, 0.25) is 5.11 Å². The molecule has 166 valence electrons. The fourth-order valence-corrected chi connectivity index (χ4v) is 3.27. The number of benzene rings is 2. The average Bonchev–Trinajstić information content (AvgIpc) is 2.76. The lowest BCUT2D eigenvalue weighted by molar-refractivity contribution is -0.116. The van der Waals surface area contributed by atoms with Crippen molar-refractivity contribution in [3.05, 3.63) is 68.7 Å². The van der Waals surface area contributed by atoms with E-state index >= 15 is 0 Å². The molecule has 0 bridgehead atoms. The van der Waals surface area contributed by atoms with E-state index in [1.54, 1.807) is 31.3 Å². The summed E-state index contributed by atoms with van der Waals surface area (Å²) in [5.41, 5.74) is 10.1. The molecule has 0 aliphatic rings. The molecule has 0 saturated carbocycles. The van der Waals surface area contributed by atoms with Gasteiger partial charge in [0, 0.05) is 30.5 Å². The standard InChI is InChI=1S/C21H22BrN7O2S/c1-13-25-18-9-6-15(22)10-17(18)20(31)29(13)27-19(30)12-24-26-21(32)23-11-14-4-7-16(8-5-14)28(2)3/h4-11,24H,12H2,1-3H3,(H,26,32)(H,27,30)/b23-11+. The minimum Gasteiger partial charge on any atom is -0.378 e. The minimum atomic E-state index is -0.454. The summed E-state index contributed by atoms with van der Waals surface area (Å²) in [5, 5.41) is 0.561. The Morgan fingerprint density at radius 1 is 1.25 bits per heavy atom. The van der Waals surface area contributed by atoms with Crippen LogP contribution >= 0.6 is 28.1 Å². The number of thiocarbonyl (C=S) groups is 1. The van der Waals surface area contributed by atoms with Crippen LogP contribution in [0.4, 0.5) is 5.69 Å². The first-order chi connectivity index (χ1) is 15.2. The van der Waals surface area contributed by atoms with E-state index in [0.29, 0.717) is 16.7 Å². The highest BCUT2D eigenvalue weighted by Crippen LogP contribution is 2.15. The molecule has 3 aromatic rings. The van der Waals surface area contributed by atoms with Gasteiger partial charge in [-0.15, -0.1) is 0 Å². The number of halogens is 1. The van der Waals surface area contributed by atoms with Crippen LogP contribution in [0, 0.1) is 6.92 Å². The number of aromatic nitrogens is 2. The first-order valence-electron chi connectivity index (χ1n) is 9.57. The Labute approximate surface area is 198 Å². The molecular formula is C21H22BrN7O2S. The van der Waals surface area contributed by atoms with Crippen molar-refractivity contribution in [3.63, 3.8) is 0 Å². The van der Waals surface area contributed by atoms with Gasteiger partial charge >= 0.3 is 0 Å². The van der Waals surface area contributed by atoms with Gasteiger partial charge in [-0.2, -0.15) is 0 Å². The van der Waals surface area contributed by atoms with Crippen LogP contribution in [0.2, 0.25) is 0 Å². The molecule has 0 unspecified atom stereocenters. The lowest BCUT2D eigenvalue weighted by Crippen LogP contribution is -2.44. The monoisotopic (exact) mass is 515 g/mol. The summed E-state index contributed by atoms with van der Waals surface area (Å²) in [6.07, 6.45) is 1.62. The normalized spacial score (nSPS) is 11.0. The fraction of sp³-hybridized carbons (Fsp3) is 0.190. The number of carbonyl (C=O) groups excluding carboxylic acids is 1. The second kappa shape index (κ2) is 10.4. The van der Waals surface area contributed by atoms with Gasteiger partial charge in [-0.05, 0) is 55.0 Å². The second-order valence-electron chi connectivity index (χ2n) is 7.02. The molecule has 0 aliphatic carbocycles. The Morgan fingerprint density at radius 3 is 2.66 bits per heavy atom. The van der Waals surface area contributed by atoms with E-state index in [1.807, 2.05) is 43.3 Å². The van der Waals surface area contributed by atoms with Gasteiger partial charge in [0.05, 0.1) is 17.4 Å². The average molecular weight is 516 g/mol. The van der Waals surface area contributed by atoms with Gasteiger partial charge in [0.15, 0.2) is 0 Å². The van der Waals surface area contributed by atoms with Crippen molar-refractivity contribution in [1.29, 1.82) is 0 Å². The lowest BCUT2D eigenvalue weighted by atomic mass is 10.2. The van der Waals surface area contributed by atoms with Crippen LogP contribution in [0.25, 0.3) is 10.9 Å². The largest absolute Gasteiger partial charge is 0.378 e. The molecule has 32 heavy (non-hydrogen) atoms. The number of amides is 1. The number of carbonyl (C=O) groups is 1. The Kier molecular flexibility index (Phi) is 7.67. The Morgan fingerprint density at radius 2 is 1.97 bits per heavy atom. The highest BCUT2D eigenvalue weighted by molar-refractivity contribution is 9.10. The molecule has 0 spiro atoms. The molecule has 3 N–H and O–H groups in total. The highest BCUT2D eigenvalue weighted by atomic mass is 79.9. The van der Waals surface area contributed by atoms with E-state index < -0.39 is 5.91 Å². The summed E-state index contributed by atoms with van der Waals surface area (Å²) in [6.45, 7) is 1.50. The summed E-state index contributed by atoms with van der Waals surface area (Å²) in [4.78, 5) is 35.5. The van der Waals surface area contributed by atoms with Crippen molar-refractivity contribution < 1.29 is 4.79 Å². The summed E-state index contributed by atoms with van der Waals surface area (Å²) in [5.74, 6) is -0.0866. The quantitative estimate of drug-likeness (QED) is 0.262. The molecule has 1 aromatic heterocycles. The van der Waals surface area contributed by atoms with Crippen LogP contribution in [-0.2, 0) is 4.79 Å². The van der Waals surface area contributed by atoms with E-state index in [1.165, 1.54) is 0 Å². The third-order valence-electron chi connectivity index (χ3n) is 4.42. The second-order valence-corrected chi connectivity index (χ2v) is 8.33. The molecular weight excluding hydrogens is 494 g/mol. The van der Waals surface area contributed by atoms with E-state index in [-0.39, 0.29) is 17.2 Å². The maximum Gasteiger partial charge on any atom is 0.280 e. The van der Waals surface area contributed by atoms with Crippen LogP contribution in [0.5, 0.6) is 0 Å². The summed E-state index contributed by atoms with van der Waals surface area (Å²) in [6, 6.07) is 13.0. The summed E-state index contributed by atoms with van der Waals surface area (Å²) >= 11 is 8.47. The first kappa shape index (κ1) is 23.5. The smallest absolute Gasteiger partial charge is 0.280 e. The molecule has 0 radical (unpaired) electrons. The molecule has 3 rings (SSSR count). The van der Waals surface area contributed by atoms with Crippen molar-refractivity contribution in [2.75, 3.05) is 31.0 Å². The van der Waals surface area contributed by atoms with Gasteiger partial charge in [-0.3, -0.25) is 20.4 Å². The maximum atomic E-state index is 12.7. The number of hydrogen-bond donors (Lipinski definition) is 3. The number of anilines is 1. The highest BCUT2D eigenvalue weighted by Gasteiger charge is 2.11. The summed E-state index contributed by atoms with van der Waals surface area (Å²) < 4.78 is 1.87. The zero-order chi connectivity index (χ0) is 23.3. The molecule has 1 heterocycles. The number of nitrogens with zero attached hydrogens (tertiary/aromatic N) is 4. The zero-order valence-electron chi connectivity index (χ0n) is 17.7. The number of rotatable bonds is 6. The molecule has 11 heteroatoms. The van der Waals surface area contributed by atoms with Crippen molar-refractivity contribution >= 4 is 62.0 Å². The summed E-state index contributed by atoms with van der Waals surface area (Å²) in [7, 11) is 3.94. The number of aryl methyl sites for hydroxylation is 1. The molecule has 0 saturated heterocycles. The number of aliphatic imine (C=N–C) groups is 1. The zero-order valence-corrected chi connectivity index (χ0v) is 20.1. The molecule has 1 amide bonds. The maximum absolute atomic E-state index is 12.7. The fourth-order valence-electron chi connectivity index (χ4n) is 2.79. The Bertz CT molecular complexity index is 1240. The van der Waals surface area contributed by atoms with Crippen LogP contribution in [0.3, 0.4) is 0 Å². The molecule has 0 fully saturated rings. The van der Waals surface area contributed by atoms with Crippen LogP contribution < -0.4 is 26.7 Å². The van der Waals surface area contributed by atoms with E-state index in [9.17, 15) is 9.59 Å². The number of hydrogen-bond acceptors (Lipinski definition) is 6. The van der Waals surface area contributed by atoms with Crippen LogP contribution in [0.1, 0.15) is 11.4 Å². The number of hydrazine groups is 1. The Hall–Kier alpha value is -3.15. The first-order valence-corrected chi connectivity index (χ1v) is 10.8. The van der Waals surface area contributed by atoms with E-state index in [4.69, 9.17) is 12.2 Å². The van der Waals surface area contributed by atoms with Crippen molar-refractivity contribution in [1.82, 2.24) is 20.5 Å². The molecule has 9 nitrogen and oxygen atoms in total. The Balaban J connectivity index is 1.54. The lowest BCUT2D eigenvalue weighted by Gasteiger charge is -2.13. The van der Waals surface area contributed by atoms with Crippen molar-refractivity contribution in [2.24, 2.45) is 4.99 Å². The number of fused-ring (bicyclic) bond motifs is 1. The minimum absolute atomic E-state index is 0.143. The topological polar surface area (TPSA) is 104 Å². The predicted octanol–water partition coefficient (Wildman–Crippen LogP) is 2.10. The van der Waals surface area contributed by atoms with E-state index in [0.717, 1.165) is 20.4 Å². The predicted molar refractivity (Wildman–Crippen MR) is 135 cm³/mol. The molecule has 2 aromatic carbocycles. The van der Waals surface area contributed by atoms with Gasteiger partial charge in [-0.1, -0.05) is 28.1 Å². The van der Waals surface area contributed by atoms with Gasteiger partial charge < -0.3 is 4.90 Å². The number of nitrogens with one attached hydrogen (secondary N) is 3. The van der Waals surface area contributed by atoms with Crippen LogP contribution in [-0.4, -0.2) is 47.5 Å². The third-order valence-corrected chi connectivity index (χ3v) is 5.12.